The Hall–Kier alpha value is -0.280. The highest BCUT2D eigenvalue weighted by Gasteiger charge is 2.15. The van der Waals surface area contributed by atoms with Crippen LogP contribution in [0, 0.1) is 0 Å². The smallest absolute Gasteiger partial charge is 0.0629 e. The van der Waals surface area contributed by atoms with E-state index >= 15 is 0 Å². The average Bonchev–Trinajstić information content (AvgIpc) is 2.25. The standard InChI is InChI=1S/C14H21Cl2NO/c1-14(2,3)18-9-12(17-4)7-10-5-6-11(15)8-13(10)16/h5-6,8,12,17H,7,9H2,1-4H3. The van der Waals surface area contributed by atoms with Gasteiger partial charge in [0.2, 0.25) is 0 Å². The minimum Gasteiger partial charge on any atom is -0.374 e. The molecule has 0 saturated carbocycles. The van der Waals surface area contributed by atoms with E-state index in [9.17, 15) is 0 Å². The van der Waals surface area contributed by atoms with Crippen LogP contribution in [0.1, 0.15) is 26.3 Å². The zero-order valence-corrected chi connectivity index (χ0v) is 12.9. The van der Waals surface area contributed by atoms with Crippen molar-refractivity contribution in [3.8, 4) is 0 Å². The van der Waals surface area contributed by atoms with Crippen molar-refractivity contribution in [2.75, 3.05) is 13.7 Å². The molecule has 0 aliphatic rings. The maximum atomic E-state index is 6.17. The second kappa shape index (κ2) is 6.76. The van der Waals surface area contributed by atoms with E-state index < -0.39 is 0 Å². The van der Waals surface area contributed by atoms with Gasteiger partial charge in [0.1, 0.15) is 0 Å². The Kier molecular flexibility index (Phi) is 5.93. The lowest BCUT2D eigenvalue weighted by Crippen LogP contribution is -2.36. The number of ether oxygens (including phenoxy) is 1. The van der Waals surface area contributed by atoms with E-state index in [1.54, 1.807) is 6.07 Å². The van der Waals surface area contributed by atoms with Crippen LogP contribution in [0.5, 0.6) is 0 Å². The van der Waals surface area contributed by atoms with Crippen molar-refractivity contribution in [3.63, 3.8) is 0 Å². The number of hydrogen-bond acceptors (Lipinski definition) is 2. The predicted molar refractivity (Wildman–Crippen MR) is 78.7 cm³/mol. The molecule has 1 aromatic carbocycles. The lowest BCUT2D eigenvalue weighted by atomic mass is 10.1. The van der Waals surface area contributed by atoms with E-state index in [2.05, 4.69) is 26.1 Å². The first-order valence-corrected chi connectivity index (χ1v) is 6.82. The highest BCUT2D eigenvalue weighted by Crippen LogP contribution is 2.22. The summed E-state index contributed by atoms with van der Waals surface area (Å²) in [5.41, 5.74) is 0.955. The minimum absolute atomic E-state index is 0.126. The molecule has 0 aliphatic heterocycles. The molecule has 102 valence electrons. The summed E-state index contributed by atoms with van der Waals surface area (Å²) in [5.74, 6) is 0. The molecule has 1 unspecified atom stereocenters. The van der Waals surface area contributed by atoms with Gasteiger partial charge in [0.25, 0.3) is 0 Å². The third-order valence-electron chi connectivity index (χ3n) is 2.61. The number of likely N-dealkylation sites (N-methyl/N-ethyl adjacent to an activating group) is 1. The van der Waals surface area contributed by atoms with Gasteiger partial charge in [0.05, 0.1) is 12.2 Å². The van der Waals surface area contributed by atoms with E-state index in [4.69, 9.17) is 27.9 Å². The summed E-state index contributed by atoms with van der Waals surface area (Å²) in [6, 6.07) is 5.84. The zero-order chi connectivity index (χ0) is 13.8. The molecular weight excluding hydrogens is 269 g/mol. The molecule has 0 aromatic heterocycles. The summed E-state index contributed by atoms with van der Waals surface area (Å²) in [6.45, 7) is 6.80. The van der Waals surface area contributed by atoms with E-state index in [-0.39, 0.29) is 11.6 Å². The van der Waals surface area contributed by atoms with Gasteiger partial charge in [-0.2, -0.15) is 0 Å². The van der Waals surface area contributed by atoms with Crippen LogP contribution in [0.4, 0.5) is 0 Å². The van der Waals surface area contributed by atoms with Crippen molar-refractivity contribution in [2.24, 2.45) is 0 Å². The molecule has 1 N–H and O–H groups in total. The van der Waals surface area contributed by atoms with Gasteiger partial charge in [-0.25, -0.2) is 0 Å². The largest absolute Gasteiger partial charge is 0.374 e. The Morgan fingerprint density at radius 3 is 2.44 bits per heavy atom. The van der Waals surface area contributed by atoms with Crippen LogP contribution in [-0.4, -0.2) is 25.3 Å². The third-order valence-corrected chi connectivity index (χ3v) is 3.19. The summed E-state index contributed by atoms with van der Waals surface area (Å²) < 4.78 is 5.79. The third kappa shape index (κ3) is 5.57. The highest BCUT2D eigenvalue weighted by molar-refractivity contribution is 6.35. The molecule has 0 spiro atoms. The van der Waals surface area contributed by atoms with Crippen molar-refractivity contribution in [1.29, 1.82) is 0 Å². The van der Waals surface area contributed by atoms with E-state index in [1.807, 2.05) is 19.2 Å². The molecule has 2 nitrogen and oxygen atoms in total. The quantitative estimate of drug-likeness (QED) is 0.887. The van der Waals surface area contributed by atoms with Crippen LogP contribution in [0.3, 0.4) is 0 Å². The van der Waals surface area contributed by atoms with Crippen LogP contribution in [-0.2, 0) is 11.2 Å². The van der Waals surface area contributed by atoms with Crippen molar-refractivity contribution >= 4 is 23.2 Å². The SMILES string of the molecule is CNC(COC(C)(C)C)Cc1ccc(Cl)cc1Cl. The summed E-state index contributed by atoms with van der Waals surface area (Å²) in [4.78, 5) is 0. The maximum absolute atomic E-state index is 6.17. The first-order valence-electron chi connectivity index (χ1n) is 6.07. The molecule has 1 rings (SSSR count). The molecule has 4 heteroatoms. The van der Waals surface area contributed by atoms with Gasteiger partial charge in [0.15, 0.2) is 0 Å². The van der Waals surface area contributed by atoms with Gasteiger partial charge in [-0.3, -0.25) is 0 Å². The molecule has 0 radical (unpaired) electrons. The number of benzene rings is 1. The van der Waals surface area contributed by atoms with Gasteiger partial charge < -0.3 is 10.1 Å². The molecule has 0 saturated heterocycles. The van der Waals surface area contributed by atoms with Gasteiger partial charge >= 0.3 is 0 Å². The number of nitrogens with one attached hydrogen (secondary N) is 1. The Bertz CT molecular complexity index is 388. The second-order valence-corrected chi connectivity index (χ2v) is 6.19. The van der Waals surface area contributed by atoms with Crippen molar-refractivity contribution in [1.82, 2.24) is 5.32 Å². The predicted octanol–water partition coefficient (Wildman–Crippen LogP) is 3.94. The van der Waals surface area contributed by atoms with E-state index in [1.165, 1.54) is 0 Å². The molecule has 18 heavy (non-hydrogen) atoms. The Morgan fingerprint density at radius 1 is 1.28 bits per heavy atom. The minimum atomic E-state index is -0.126. The van der Waals surface area contributed by atoms with Gasteiger partial charge in [-0.15, -0.1) is 0 Å². The van der Waals surface area contributed by atoms with E-state index in [0.29, 0.717) is 16.7 Å². The topological polar surface area (TPSA) is 21.3 Å². The Morgan fingerprint density at radius 2 is 1.94 bits per heavy atom. The number of halogens is 2. The molecule has 0 heterocycles. The first kappa shape index (κ1) is 15.8. The average molecular weight is 290 g/mol. The van der Waals surface area contributed by atoms with Crippen LogP contribution in [0.2, 0.25) is 10.0 Å². The summed E-state index contributed by atoms with van der Waals surface area (Å²) >= 11 is 12.1. The van der Waals surface area contributed by atoms with E-state index in [0.717, 1.165) is 12.0 Å². The lowest BCUT2D eigenvalue weighted by molar-refractivity contribution is -0.0134. The number of hydrogen-bond donors (Lipinski definition) is 1. The fourth-order valence-electron chi connectivity index (χ4n) is 1.55. The van der Waals surface area contributed by atoms with Crippen LogP contribution >= 0.6 is 23.2 Å². The molecular formula is C14H21Cl2NO. The zero-order valence-electron chi connectivity index (χ0n) is 11.4. The normalized spacial score (nSPS) is 13.7. The van der Waals surface area contributed by atoms with Crippen molar-refractivity contribution in [3.05, 3.63) is 33.8 Å². The summed E-state index contributed by atoms with van der Waals surface area (Å²) in [6.07, 6.45) is 0.822. The van der Waals surface area contributed by atoms with Crippen LogP contribution in [0.25, 0.3) is 0 Å². The molecule has 0 bridgehead atoms. The second-order valence-electron chi connectivity index (χ2n) is 5.35. The van der Waals surface area contributed by atoms with Gasteiger partial charge in [-0.05, 0) is 51.9 Å². The fourth-order valence-corrected chi connectivity index (χ4v) is 2.03. The van der Waals surface area contributed by atoms with Crippen molar-refractivity contribution < 1.29 is 4.74 Å². The van der Waals surface area contributed by atoms with Gasteiger partial charge in [0, 0.05) is 16.1 Å². The Balaban J connectivity index is 2.62. The maximum Gasteiger partial charge on any atom is 0.0629 e. The lowest BCUT2D eigenvalue weighted by Gasteiger charge is -2.24. The molecule has 0 fully saturated rings. The van der Waals surface area contributed by atoms with Gasteiger partial charge in [-0.1, -0.05) is 29.3 Å². The molecule has 1 aromatic rings. The van der Waals surface area contributed by atoms with Crippen molar-refractivity contribution in [2.45, 2.75) is 38.8 Å². The first-order chi connectivity index (χ1) is 8.31. The monoisotopic (exact) mass is 289 g/mol. The molecule has 0 aliphatic carbocycles. The molecule has 1 atom stereocenters. The summed E-state index contributed by atoms with van der Waals surface area (Å²) in [7, 11) is 1.93. The Labute approximate surface area is 120 Å². The molecule has 0 amide bonds. The summed E-state index contributed by atoms with van der Waals surface area (Å²) in [5, 5.41) is 4.62. The fraction of sp³-hybridized carbons (Fsp3) is 0.571. The van der Waals surface area contributed by atoms with Crippen LogP contribution < -0.4 is 5.32 Å². The van der Waals surface area contributed by atoms with Crippen LogP contribution in [0.15, 0.2) is 18.2 Å². The highest BCUT2D eigenvalue weighted by atomic mass is 35.5. The number of rotatable bonds is 5.